The Bertz CT molecular complexity index is 577. The molecular weight excluding hydrogens is 334 g/mol. The molecule has 21 heavy (non-hydrogen) atoms. The number of benzene rings is 1. The zero-order valence-corrected chi connectivity index (χ0v) is 13.4. The highest BCUT2D eigenvalue weighted by molar-refractivity contribution is 9.10. The lowest BCUT2D eigenvalue weighted by molar-refractivity contribution is -0.137. The van der Waals surface area contributed by atoms with Crippen molar-refractivity contribution in [3.8, 4) is 0 Å². The maximum Gasteiger partial charge on any atom is 0.336 e. The second-order valence-electron chi connectivity index (χ2n) is 5.10. The first-order chi connectivity index (χ1) is 9.99. The van der Waals surface area contributed by atoms with Gasteiger partial charge in [0.15, 0.2) is 0 Å². The topological polar surface area (TPSA) is 84.5 Å². The van der Waals surface area contributed by atoms with Crippen molar-refractivity contribution < 1.29 is 9.59 Å². The number of hydrogen-bond donors (Lipinski definition) is 2. The van der Waals surface area contributed by atoms with Gasteiger partial charge in [-0.05, 0) is 37.5 Å². The third-order valence-electron chi connectivity index (χ3n) is 3.85. The molecule has 0 spiro atoms. The van der Waals surface area contributed by atoms with E-state index in [9.17, 15) is 9.59 Å². The number of aliphatic imine (C=N–C) groups is 1. The summed E-state index contributed by atoms with van der Waals surface area (Å²) in [5.41, 5.74) is 6.67. The van der Waals surface area contributed by atoms with E-state index in [4.69, 9.17) is 5.73 Å². The van der Waals surface area contributed by atoms with Gasteiger partial charge in [0.1, 0.15) is 5.84 Å². The summed E-state index contributed by atoms with van der Waals surface area (Å²) >= 11 is 3.40. The van der Waals surface area contributed by atoms with E-state index < -0.39 is 17.2 Å². The minimum Gasteiger partial charge on any atom is -0.386 e. The van der Waals surface area contributed by atoms with Crippen LogP contribution in [0.2, 0.25) is 0 Å². The zero-order valence-electron chi connectivity index (χ0n) is 11.9. The lowest BCUT2D eigenvalue weighted by atomic mass is 9.63. The molecule has 1 aliphatic carbocycles. The van der Waals surface area contributed by atoms with Gasteiger partial charge in [0, 0.05) is 11.0 Å². The van der Waals surface area contributed by atoms with Crippen molar-refractivity contribution in [1.82, 2.24) is 5.32 Å². The van der Waals surface area contributed by atoms with Crippen LogP contribution in [-0.4, -0.2) is 24.2 Å². The van der Waals surface area contributed by atoms with Gasteiger partial charge in [-0.15, -0.1) is 0 Å². The number of hydrogen-bond acceptors (Lipinski definition) is 2. The first-order valence-corrected chi connectivity index (χ1v) is 7.72. The molecule has 3 N–H and O–H groups in total. The van der Waals surface area contributed by atoms with E-state index in [0.29, 0.717) is 6.54 Å². The van der Waals surface area contributed by atoms with Crippen LogP contribution in [0.25, 0.3) is 0 Å². The van der Waals surface area contributed by atoms with Crippen molar-refractivity contribution in [1.29, 1.82) is 0 Å². The molecule has 6 heteroatoms. The summed E-state index contributed by atoms with van der Waals surface area (Å²) in [4.78, 5) is 27.0. The Labute approximate surface area is 132 Å². The molecule has 0 unspecified atom stereocenters. The van der Waals surface area contributed by atoms with Crippen LogP contribution in [0, 0.1) is 0 Å². The molecule has 1 aliphatic rings. The molecule has 2 amide bonds. The molecule has 0 aromatic heterocycles. The molecule has 0 heterocycles. The van der Waals surface area contributed by atoms with Crippen molar-refractivity contribution in [2.45, 2.75) is 31.6 Å². The Kier molecular flexibility index (Phi) is 4.77. The monoisotopic (exact) mass is 351 g/mol. The normalized spacial score (nSPS) is 17.0. The van der Waals surface area contributed by atoms with Gasteiger partial charge in [0.25, 0.3) is 0 Å². The van der Waals surface area contributed by atoms with Gasteiger partial charge in [0.2, 0.25) is 0 Å². The zero-order chi connectivity index (χ0) is 15.5. The SMILES string of the molecule is CCNC(=O)C(=O)N=C(N)C1(c2ccc(Br)cc2)CCC1. The summed E-state index contributed by atoms with van der Waals surface area (Å²) in [6, 6.07) is 7.83. The molecule has 0 radical (unpaired) electrons. The van der Waals surface area contributed by atoms with E-state index in [1.54, 1.807) is 6.92 Å². The maximum absolute atomic E-state index is 11.7. The Morgan fingerprint density at radius 1 is 1.33 bits per heavy atom. The number of nitrogens with two attached hydrogens (primary N) is 1. The molecule has 0 aliphatic heterocycles. The first-order valence-electron chi connectivity index (χ1n) is 6.92. The average molecular weight is 352 g/mol. The number of amidine groups is 1. The fraction of sp³-hybridized carbons (Fsp3) is 0.400. The summed E-state index contributed by atoms with van der Waals surface area (Å²) in [5.74, 6) is -1.32. The Hall–Kier alpha value is -1.69. The molecule has 0 atom stereocenters. The summed E-state index contributed by atoms with van der Waals surface area (Å²) in [5, 5.41) is 2.43. The van der Waals surface area contributed by atoms with E-state index in [-0.39, 0.29) is 5.84 Å². The van der Waals surface area contributed by atoms with E-state index >= 15 is 0 Å². The molecule has 1 fully saturated rings. The predicted octanol–water partition coefficient (Wildman–Crippen LogP) is 1.89. The van der Waals surface area contributed by atoms with E-state index in [0.717, 1.165) is 29.3 Å². The highest BCUT2D eigenvalue weighted by Crippen LogP contribution is 2.44. The summed E-state index contributed by atoms with van der Waals surface area (Å²) < 4.78 is 0.981. The van der Waals surface area contributed by atoms with Crippen LogP contribution >= 0.6 is 15.9 Å². The van der Waals surface area contributed by atoms with E-state index in [1.165, 1.54) is 0 Å². The van der Waals surface area contributed by atoms with Crippen LogP contribution in [0.5, 0.6) is 0 Å². The molecular formula is C15H18BrN3O2. The van der Waals surface area contributed by atoms with Gasteiger partial charge in [0.05, 0.1) is 5.41 Å². The van der Waals surface area contributed by atoms with Gasteiger partial charge in [-0.2, -0.15) is 4.99 Å². The largest absolute Gasteiger partial charge is 0.386 e. The number of likely N-dealkylation sites (N-methyl/N-ethyl adjacent to an activating group) is 1. The summed E-state index contributed by atoms with van der Waals surface area (Å²) in [7, 11) is 0. The Morgan fingerprint density at radius 2 is 1.95 bits per heavy atom. The lowest BCUT2D eigenvalue weighted by Gasteiger charge is -2.41. The minimum absolute atomic E-state index is 0.229. The van der Waals surface area contributed by atoms with E-state index in [1.807, 2.05) is 24.3 Å². The number of amides is 2. The van der Waals surface area contributed by atoms with Crippen molar-refractivity contribution in [2.24, 2.45) is 10.7 Å². The van der Waals surface area contributed by atoms with Crippen molar-refractivity contribution in [2.75, 3.05) is 6.54 Å². The third kappa shape index (κ3) is 3.15. The molecule has 1 saturated carbocycles. The smallest absolute Gasteiger partial charge is 0.336 e. The Morgan fingerprint density at radius 3 is 2.43 bits per heavy atom. The number of rotatable bonds is 3. The number of nitrogens with one attached hydrogen (secondary N) is 1. The first kappa shape index (κ1) is 15.7. The number of nitrogens with zero attached hydrogens (tertiary/aromatic N) is 1. The number of carbonyl (C=O) groups is 2. The molecule has 1 aromatic carbocycles. The molecule has 0 saturated heterocycles. The van der Waals surface area contributed by atoms with Crippen molar-refractivity contribution in [3.63, 3.8) is 0 Å². The van der Waals surface area contributed by atoms with Crippen LogP contribution in [0.4, 0.5) is 0 Å². The van der Waals surface area contributed by atoms with E-state index in [2.05, 4.69) is 26.2 Å². The lowest BCUT2D eigenvalue weighted by Crippen LogP contribution is -2.48. The van der Waals surface area contributed by atoms with Gasteiger partial charge < -0.3 is 11.1 Å². The molecule has 5 nitrogen and oxygen atoms in total. The van der Waals surface area contributed by atoms with Crippen LogP contribution in [-0.2, 0) is 15.0 Å². The second-order valence-corrected chi connectivity index (χ2v) is 6.02. The highest BCUT2D eigenvalue weighted by atomic mass is 79.9. The van der Waals surface area contributed by atoms with Crippen molar-refractivity contribution in [3.05, 3.63) is 34.3 Å². The van der Waals surface area contributed by atoms with Crippen molar-refractivity contribution >= 4 is 33.6 Å². The minimum atomic E-state index is -0.835. The molecule has 1 aromatic rings. The quantitative estimate of drug-likeness (QED) is 0.495. The van der Waals surface area contributed by atoms with Gasteiger partial charge in [-0.1, -0.05) is 34.5 Å². The third-order valence-corrected chi connectivity index (χ3v) is 4.38. The molecule has 2 rings (SSSR count). The summed E-state index contributed by atoms with van der Waals surface area (Å²) in [6.45, 7) is 2.13. The van der Waals surface area contributed by atoms with Crippen LogP contribution < -0.4 is 11.1 Å². The molecule has 0 bridgehead atoms. The highest BCUT2D eigenvalue weighted by Gasteiger charge is 2.43. The van der Waals surface area contributed by atoms with Crippen LogP contribution in [0.3, 0.4) is 0 Å². The van der Waals surface area contributed by atoms with Gasteiger partial charge >= 0.3 is 11.8 Å². The predicted molar refractivity (Wildman–Crippen MR) is 85.0 cm³/mol. The average Bonchev–Trinajstić information content (AvgIpc) is 2.39. The molecule has 112 valence electrons. The second kappa shape index (κ2) is 6.39. The standard InChI is InChI=1S/C15H18BrN3O2/c1-2-18-12(20)13(21)19-14(17)15(8-3-9-15)10-4-6-11(16)7-5-10/h4-7H,2-3,8-9H2,1H3,(H,18,20)(H2,17,19,21). The van der Waals surface area contributed by atoms with Crippen LogP contribution in [0.15, 0.2) is 33.7 Å². The fourth-order valence-corrected chi connectivity index (χ4v) is 2.76. The number of carbonyl (C=O) groups excluding carboxylic acids is 2. The number of halogens is 1. The fourth-order valence-electron chi connectivity index (χ4n) is 2.50. The summed E-state index contributed by atoms with van der Waals surface area (Å²) in [6.07, 6.45) is 2.71. The van der Waals surface area contributed by atoms with Gasteiger partial charge in [-0.25, -0.2) is 0 Å². The van der Waals surface area contributed by atoms with Gasteiger partial charge in [-0.3, -0.25) is 9.59 Å². The van der Waals surface area contributed by atoms with Crippen LogP contribution in [0.1, 0.15) is 31.7 Å². The maximum atomic E-state index is 11.7. The Balaban J connectivity index is 2.26.